The molecule has 0 unspecified atom stereocenters. The fourth-order valence-electron chi connectivity index (χ4n) is 0.898. The molecule has 0 saturated heterocycles. The summed E-state index contributed by atoms with van der Waals surface area (Å²) in [7, 11) is 0. The lowest BCUT2D eigenvalue weighted by atomic mass is 10.3. The van der Waals surface area contributed by atoms with Crippen LogP contribution in [0.1, 0.15) is 6.42 Å². The van der Waals surface area contributed by atoms with Gasteiger partial charge in [-0.1, -0.05) is 18.2 Å². The first-order valence-electron chi connectivity index (χ1n) is 3.91. The topological polar surface area (TPSA) is 61.9 Å². The van der Waals surface area contributed by atoms with Gasteiger partial charge in [-0.15, -0.1) is 24.8 Å². The van der Waals surface area contributed by atoms with Gasteiger partial charge in [0, 0.05) is 18.7 Å². The van der Waals surface area contributed by atoms with Crippen molar-refractivity contribution in [1.29, 1.82) is 5.41 Å². The van der Waals surface area contributed by atoms with E-state index in [9.17, 15) is 0 Å². The maximum atomic E-state index is 7.00. The quantitative estimate of drug-likeness (QED) is 0.554. The van der Waals surface area contributed by atoms with Crippen LogP contribution in [0, 0.1) is 5.41 Å². The number of para-hydroxylation sites is 1. The van der Waals surface area contributed by atoms with Crippen LogP contribution >= 0.6 is 24.8 Å². The number of anilines is 1. The van der Waals surface area contributed by atoms with Crippen LogP contribution in [0.3, 0.4) is 0 Å². The monoisotopic (exact) mass is 235 g/mol. The van der Waals surface area contributed by atoms with E-state index >= 15 is 0 Å². The summed E-state index contributed by atoms with van der Waals surface area (Å²) in [5.41, 5.74) is 6.27. The van der Waals surface area contributed by atoms with E-state index < -0.39 is 0 Å². The van der Waals surface area contributed by atoms with Crippen LogP contribution in [0.25, 0.3) is 0 Å². The van der Waals surface area contributed by atoms with Gasteiger partial charge in [-0.3, -0.25) is 5.41 Å². The van der Waals surface area contributed by atoms with Crippen molar-refractivity contribution in [3.8, 4) is 0 Å². The molecule has 1 rings (SSSR count). The molecule has 0 heterocycles. The molecule has 0 aliphatic rings. The summed E-state index contributed by atoms with van der Waals surface area (Å²) in [5.74, 6) is 0.221. The summed E-state index contributed by atoms with van der Waals surface area (Å²) in [6.45, 7) is 0.722. The minimum atomic E-state index is 0. The average molecular weight is 236 g/mol. The summed E-state index contributed by atoms with van der Waals surface area (Å²) in [5, 5.41) is 10.2. The Kier molecular flexibility index (Phi) is 9.61. The van der Waals surface area contributed by atoms with Gasteiger partial charge >= 0.3 is 0 Å². The summed E-state index contributed by atoms with van der Waals surface area (Å²) in [6.07, 6.45) is 0.592. The number of benzene rings is 1. The zero-order valence-corrected chi connectivity index (χ0v) is 9.33. The number of rotatable bonds is 4. The summed E-state index contributed by atoms with van der Waals surface area (Å²) < 4.78 is 0. The molecule has 0 amide bonds. The lowest BCUT2D eigenvalue weighted by Gasteiger charge is -2.03. The molecule has 4 N–H and O–H groups in total. The molecule has 80 valence electrons. The molecule has 0 radical (unpaired) electrons. The molecule has 0 fully saturated rings. The highest BCUT2D eigenvalue weighted by molar-refractivity contribution is 5.85. The van der Waals surface area contributed by atoms with E-state index in [-0.39, 0.29) is 30.6 Å². The Hall–Kier alpha value is -0.930. The van der Waals surface area contributed by atoms with E-state index in [0.29, 0.717) is 6.42 Å². The van der Waals surface area contributed by atoms with Crippen molar-refractivity contribution in [2.24, 2.45) is 5.73 Å². The smallest absolute Gasteiger partial charge is 0.0923 e. The Balaban J connectivity index is 0. The number of amidine groups is 1. The fraction of sp³-hybridized carbons (Fsp3) is 0.222. The van der Waals surface area contributed by atoms with E-state index in [1.165, 1.54) is 0 Å². The molecule has 1 aromatic carbocycles. The molecule has 1 aromatic rings. The van der Waals surface area contributed by atoms with E-state index in [4.69, 9.17) is 11.1 Å². The third kappa shape index (κ3) is 6.57. The summed E-state index contributed by atoms with van der Waals surface area (Å²) in [4.78, 5) is 0. The highest BCUT2D eigenvalue weighted by Gasteiger charge is 1.90. The lowest BCUT2D eigenvalue weighted by Crippen LogP contribution is -2.14. The standard InChI is InChI=1S/C9H13N3.2ClH/c10-9(11)6-7-12-8-4-2-1-3-5-8;;/h1-5,12H,6-7H2,(H3,10,11);2*1H. The van der Waals surface area contributed by atoms with Gasteiger partial charge in [0.2, 0.25) is 0 Å². The lowest BCUT2D eigenvalue weighted by molar-refractivity contribution is 1.08. The largest absolute Gasteiger partial charge is 0.388 e. The van der Waals surface area contributed by atoms with Gasteiger partial charge in [-0.05, 0) is 12.1 Å². The molecule has 3 nitrogen and oxygen atoms in total. The highest BCUT2D eigenvalue weighted by Crippen LogP contribution is 2.03. The summed E-state index contributed by atoms with van der Waals surface area (Å²) >= 11 is 0. The van der Waals surface area contributed by atoms with Crippen LogP contribution in [0.2, 0.25) is 0 Å². The third-order valence-electron chi connectivity index (χ3n) is 1.50. The van der Waals surface area contributed by atoms with Crippen molar-refractivity contribution >= 4 is 36.3 Å². The molecule has 0 atom stereocenters. The molecule has 14 heavy (non-hydrogen) atoms. The number of hydrogen-bond donors (Lipinski definition) is 3. The molecule has 0 aliphatic heterocycles. The second-order valence-electron chi connectivity index (χ2n) is 2.57. The predicted octanol–water partition coefficient (Wildman–Crippen LogP) is 2.27. The minimum absolute atomic E-state index is 0. The second kappa shape index (κ2) is 8.66. The molecule has 0 aliphatic carbocycles. The zero-order valence-electron chi connectivity index (χ0n) is 7.69. The molecule has 0 bridgehead atoms. The predicted molar refractivity (Wildman–Crippen MR) is 66.0 cm³/mol. The van der Waals surface area contributed by atoms with Gasteiger partial charge in [0.15, 0.2) is 0 Å². The van der Waals surface area contributed by atoms with Gasteiger partial charge in [-0.25, -0.2) is 0 Å². The third-order valence-corrected chi connectivity index (χ3v) is 1.50. The highest BCUT2D eigenvalue weighted by atomic mass is 35.5. The Morgan fingerprint density at radius 2 is 1.79 bits per heavy atom. The number of nitrogens with one attached hydrogen (secondary N) is 2. The van der Waals surface area contributed by atoms with Crippen LogP contribution in [-0.2, 0) is 0 Å². The maximum Gasteiger partial charge on any atom is 0.0923 e. The molecule has 0 aromatic heterocycles. The van der Waals surface area contributed by atoms with Gasteiger partial charge in [0.05, 0.1) is 5.84 Å². The van der Waals surface area contributed by atoms with Crippen molar-refractivity contribution in [1.82, 2.24) is 0 Å². The van der Waals surface area contributed by atoms with Crippen LogP contribution in [0.4, 0.5) is 5.69 Å². The normalized spacial score (nSPS) is 8.00. The van der Waals surface area contributed by atoms with Crippen molar-refractivity contribution in [2.75, 3.05) is 11.9 Å². The van der Waals surface area contributed by atoms with Gasteiger partial charge in [-0.2, -0.15) is 0 Å². The average Bonchev–Trinajstić information content (AvgIpc) is 2.05. The van der Waals surface area contributed by atoms with E-state index in [1.807, 2.05) is 30.3 Å². The van der Waals surface area contributed by atoms with Gasteiger partial charge in [0.1, 0.15) is 0 Å². The van der Waals surface area contributed by atoms with E-state index in [2.05, 4.69) is 5.32 Å². The molecule has 0 spiro atoms. The van der Waals surface area contributed by atoms with E-state index in [1.54, 1.807) is 0 Å². The van der Waals surface area contributed by atoms with Crippen LogP contribution in [-0.4, -0.2) is 12.4 Å². The molecular formula is C9H15Cl2N3. The zero-order chi connectivity index (χ0) is 8.81. The first-order chi connectivity index (χ1) is 5.79. The van der Waals surface area contributed by atoms with Crippen molar-refractivity contribution in [3.63, 3.8) is 0 Å². The molecule has 5 heteroatoms. The van der Waals surface area contributed by atoms with Crippen molar-refractivity contribution in [3.05, 3.63) is 30.3 Å². The van der Waals surface area contributed by atoms with Crippen LogP contribution < -0.4 is 11.1 Å². The molecular weight excluding hydrogens is 221 g/mol. The number of halogens is 2. The number of hydrogen-bond acceptors (Lipinski definition) is 2. The Morgan fingerprint density at radius 1 is 1.21 bits per heavy atom. The summed E-state index contributed by atoms with van der Waals surface area (Å²) in [6, 6.07) is 9.88. The van der Waals surface area contributed by atoms with Gasteiger partial charge < -0.3 is 11.1 Å². The van der Waals surface area contributed by atoms with Crippen molar-refractivity contribution in [2.45, 2.75) is 6.42 Å². The minimum Gasteiger partial charge on any atom is -0.388 e. The molecule has 0 saturated carbocycles. The van der Waals surface area contributed by atoms with E-state index in [0.717, 1.165) is 12.2 Å². The van der Waals surface area contributed by atoms with Crippen LogP contribution in [0.5, 0.6) is 0 Å². The fourth-order valence-corrected chi connectivity index (χ4v) is 0.898. The SMILES string of the molecule is Cl.Cl.N=C(N)CCNc1ccccc1. The Labute approximate surface area is 96.4 Å². The van der Waals surface area contributed by atoms with Crippen LogP contribution in [0.15, 0.2) is 30.3 Å². The first kappa shape index (κ1) is 15.5. The first-order valence-corrected chi connectivity index (χ1v) is 3.91. The second-order valence-corrected chi connectivity index (χ2v) is 2.57. The van der Waals surface area contributed by atoms with Gasteiger partial charge in [0.25, 0.3) is 0 Å². The van der Waals surface area contributed by atoms with Crippen molar-refractivity contribution < 1.29 is 0 Å². The maximum absolute atomic E-state index is 7.00. The Bertz CT molecular complexity index is 251. The Morgan fingerprint density at radius 3 is 2.29 bits per heavy atom. The number of nitrogens with two attached hydrogens (primary N) is 1.